The van der Waals surface area contributed by atoms with Crippen LogP contribution in [0, 0.1) is 13.8 Å². The van der Waals surface area contributed by atoms with Crippen LogP contribution in [0.5, 0.6) is 0 Å². The number of fused-ring (bicyclic) bond motifs is 1. The summed E-state index contributed by atoms with van der Waals surface area (Å²) in [6.45, 7) is 4.07. The molecule has 0 saturated carbocycles. The van der Waals surface area contributed by atoms with Crippen LogP contribution in [0.4, 0.5) is 5.82 Å². The number of benzene rings is 2. The number of hydrogen-bond donors (Lipinski definition) is 1. The molecule has 0 fully saturated rings. The molecule has 0 amide bonds. The lowest BCUT2D eigenvalue weighted by atomic mass is 10.1. The molecule has 0 saturated heterocycles. The number of rotatable bonds is 2. The van der Waals surface area contributed by atoms with Gasteiger partial charge in [-0.2, -0.15) is 0 Å². The minimum Gasteiger partial charge on any atom is -0.373 e. The number of hydrogen-bond acceptors (Lipinski definition) is 3. The van der Waals surface area contributed by atoms with Gasteiger partial charge in [-0.25, -0.2) is 9.97 Å². The summed E-state index contributed by atoms with van der Waals surface area (Å²) in [5, 5.41) is 4.88. The zero-order valence-electron chi connectivity index (χ0n) is 12.2. The van der Waals surface area contributed by atoms with Crippen molar-refractivity contribution in [3.8, 4) is 11.4 Å². The van der Waals surface area contributed by atoms with Crippen LogP contribution in [-0.2, 0) is 0 Å². The molecular weight excluding hydrogens is 282 g/mol. The smallest absolute Gasteiger partial charge is 0.162 e. The Bertz CT molecular complexity index is 807. The molecule has 1 heterocycles. The number of anilines is 1. The fraction of sp³-hybridized carbons (Fsp3) is 0.176. The van der Waals surface area contributed by atoms with Gasteiger partial charge in [0.1, 0.15) is 5.82 Å². The summed E-state index contributed by atoms with van der Waals surface area (Å²) in [6.07, 6.45) is 0. The standard InChI is InChI=1S/C17H16ClN3/c1-10-7-12(9-13(18)8-10)16-20-15-11(2)5-4-6-14(15)17(19-3)21-16/h4-9H,1-3H3,(H,19,20,21). The largest absolute Gasteiger partial charge is 0.373 e. The van der Waals surface area contributed by atoms with Crippen LogP contribution in [-0.4, -0.2) is 17.0 Å². The van der Waals surface area contributed by atoms with Gasteiger partial charge in [0.25, 0.3) is 0 Å². The molecule has 1 N–H and O–H groups in total. The van der Waals surface area contributed by atoms with Crippen LogP contribution in [0.3, 0.4) is 0 Å². The molecular formula is C17H16ClN3. The van der Waals surface area contributed by atoms with E-state index in [4.69, 9.17) is 16.6 Å². The van der Waals surface area contributed by atoms with E-state index in [0.29, 0.717) is 10.8 Å². The van der Waals surface area contributed by atoms with Gasteiger partial charge < -0.3 is 5.32 Å². The van der Waals surface area contributed by atoms with Gasteiger partial charge in [-0.15, -0.1) is 0 Å². The van der Waals surface area contributed by atoms with Gasteiger partial charge in [-0.05, 0) is 49.2 Å². The molecule has 0 radical (unpaired) electrons. The van der Waals surface area contributed by atoms with Crippen molar-refractivity contribution in [2.24, 2.45) is 0 Å². The number of nitrogens with one attached hydrogen (secondary N) is 1. The maximum atomic E-state index is 6.15. The normalized spacial score (nSPS) is 10.9. The SMILES string of the molecule is CNc1nc(-c2cc(C)cc(Cl)c2)nc2c(C)cccc12. The summed E-state index contributed by atoms with van der Waals surface area (Å²) in [7, 11) is 1.87. The predicted octanol–water partition coefficient (Wildman–Crippen LogP) is 4.61. The second-order valence-corrected chi connectivity index (χ2v) is 5.57. The minimum atomic E-state index is 0.687. The van der Waals surface area contributed by atoms with Gasteiger partial charge in [0, 0.05) is 23.0 Å². The van der Waals surface area contributed by atoms with Crippen molar-refractivity contribution in [3.05, 3.63) is 52.5 Å². The van der Waals surface area contributed by atoms with Crippen LogP contribution in [0.15, 0.2) is 36.4 Å². The van der Waals surface area contributed by atoms with Crippen molar-refractivity contribution >= 4 is 28.3 Å². The lowest BCUT2D eigenvalue weighted by molar-refractivity contribution is 1.20. The molecule has 2 aromatic carbocycles. The molecule has 0 aliphatic rings. The Labute approximate surface area is 129 Å². The molecule has 106 valence electrons. The highest BCUT2D eigenvalue weighted by molar-refractivity contribution is 6.30. The van der Waals surface area contributed by atoms with Gasteiger partial charge in [0.05, 0.1) is 5.52 Å². The average molecular weight is 298 g/mol. The van der Waals surface area contributed by atoms with E-state index >= 15 is 0 Å². The molecule has 0 spiro atoms. The maximum absolute atomic E-state index is 6.15. The number of halogens is 1. The van der Waals surface area contributed by atoms with Gasteiger partial charge in [0.2, 0.25) is 0 Å². The fourth-order valence-corrected chi connectivity index (χ4v) is 2.77. The zero-order chi connectivity index (χ0) is 15.0. The first-order valence-electron chi connectivity index (χ1n) is 6.81. The second kappa shape index (κ2) is 5.34. The highest BCUT2D eigenvalue weighted by Gasteiger charge is 2.10. The zero-order valence-corrected chi connectivity index (χ0v) is 13.0. The Kier molecular flexibility index (Phi) is 3.52. The van der Waals surface area contributed by atoms with Crippen LogP contribution in [0.1, 0.15) is 11.1 Å². The number of aryl methyl sites for hydroxylation is 2. The highest BCUT2D eigenvalue weighted by Crippen LogP contribution is 2.28. The van der Waals surface area contributed by atoms with Crippen LogP contribution < -0.4 is 5.32 Å². The highest BCUT2D eigenvalue weighted by atomic mass is 35.5. The molecule has 21 heavy (non-hydrogen) atoms. The van der Waals surface area contributed by atoms with Crippen LogP contribution in [0.2, 0.25) is 5.02 Å². The van der Waals surface area contributed by atoms with Crippen LogP contribution in [0.25, 0.3) is 22.3 Å². The summed E-state index contributed by atoms with van der Waals surface area (Å²) in [6, 6.07) is 12.0. The topological polar surface area (TPSA) is 37.8 Å². The average Bonchev–Trinajstić information content (AvgIpc) is 2.45. The molecule has 3 aromatic rings. The molecule has 0 aliphatic heterocycles. The summed E-state index contributed by atoms with van der Waals surface area (Å²) in [5.74, 6) is 1.52. The maximum Gasteiger partial charge on any atom is 0.162 e. The van der Waals surface area contributed by atoms with Crippen LogP contribution >= 0.6 is 11.6 Å². The van der Waals surface area contributed by atoms with E-state index in [2.05, 4.69) is 23.3 Å². The lowest BCUT2D eigenvalue weighted by Gasteiger charge is -2.10. The molecule has 3 rings (SSSR count). The van der Waals surface area contributed by atoms with E-state index in [1.54, 1.807) is 0 Å². The van der Waals surface area contributed by atoms with Gasteiger partial charge in [-0.1, -0.05) is 23.7 Å². The fourth-order valence-electron chi connectivity index (χ4n) is 2.48. The van der Waals surface area contributed by atoms with E-state index in [1.807, 2.05) is 44.3 Å². The third-order valence-electron chi connectivity index (χ3n) is 3.47. The van der Waals surface area contributed by atoms with E-state index in [-0.39, 0.29) is 0 Å². The first-order valence-corrected chi connectivity index (χ1v) is 7.19. The lowest BCUT2D eigenvalue weighted by Crippen LogP contribution is -2.00. The third-order valence-corrected chi connectivity index (χ3v) is 3.68. The van der Waals surface area contributed by atoms with E-state index in [0.717, 1.165) is 33.4 Å². The molecule has 0 aliphatic carbocycles. The Morgan fingerprint density at radius 1 is 1.05 bits per heavy atom. The predicted molar refractivity (Wildman–Crippen MR) is 89.0 cm³/mol. The van der Waals surface area contributed by atoms with Crippen molar-refractivity contribution < 1.29 is 0 Å². The van der Waals surface area contributed by atoms with E-state index < -0.39 is 0 Å². The first-order chi connectivity index (χ1) is 10.1. The first kappa shape index (κ1) is 13.8. The molecule has 0 unspecified atom stereocenters. The van der Waals surface area contributed by atoms with Crippen molar-refractivity contribution in [2.45, 2.75) is 13.8 Å². The Morgan fingerprint density at radius 2 is 1.86 bits per heavy atom. The number of aromatic nitrogens is 2. The van der Waals surface area contributed by atoms with Crippen molar-refractivity contribution in [1.82, 2.24) is 9.97 Å². The summed E-state index contributed by atoms with van der Waals surface area (Å²) < 4.78 is 0. The van der Waals surface area contributed by atoms with Crippen molar-refractivity contribution in [1.29, 1.82) is 0 Å². The molecule has 1 aromatic heterocycles. The Morgan fingerprint density at radius 3 is 2.57 bits per heavy atom. The second-order valence-electron chi connectivity index (χ2n) is 5.13. The Balaban J connectivity index is 2.30. The van der Waals surface area contributed by atoms with Crippen molar-refractivity contribution in [2.75, 3.05) is 12.4 Å². The van der Waals surface area contributed by atoms with Gasteiger partial charge in [0.15, 0.2) is 5.82 Å². The van der Waals surface area contributed by atoms with E-state index in [9.17, 15) is 0 Å². The van der Waals surface area contributed by atoms with Crippen molar-refractivity contribution in [3.63, 3.8) is 0 Å². The van der Waals surface area contributed by atoms with Gasteiger partial charge >= 0.3 is 0 Å². The third kappa shape index (κ3) is 2.57. The summed E-state index contributed by atoms with van der Waals surface area (Å²) in [4.78, 5) is 9.36. The number of nitrogens with zero attached hydrogens (tertiary/aromatic N) is 2. The number of para-hydroxylation sites is 1. The Hall–Kier alpha value is -2.13. The quantitative estimate of drug-likeness (QED) is 0.750. The molecule has 0 bridgehead atoms. The monoisotopic (exact) mass is 297 g/mol. The molecule has 3 nitrogen and oxygen atoms in total. The summed E-state index contributed by atoms with van der Waals surface area (Å²) >= 11 is 6.15. The summed E-state index contributed by atoms with van der Waals surface area (Å²) in [5.41, 5.74) is 4.12. The van der Waals surface area contributed by atoms with E-state index in [1.165, 1.54) is 0 Å². The molecule has 0 atom stereocenters. The molecule has 4 heteroatoms. The van der Waals surface area contributed by atoms with Gasteiger partial charge in [-0.3, -0.25) is 0 Å². The minimum absolute atomic E-state index is 0.687.